The molecule has 20 aromatic rings. The van der Waals surface area contributed by atoms with Gasteiger partial charge in [-0.2, -0.15) is 0 Å². The van der Waals surface area contributed by atoms with Crippen LogP contribution in [0.1, 0.15) is 218 Å². The molecule has 5 aliphatic rings. The van der Waals surface area contributed by atoms with Crippen LogP contribution in [0.3, 0.4) is 0 Å². The van der Waals surface area contributed by atoms with E-state index in [-0.39, 0.29) is 21.7 Å². The molecule has 0 unspecified atom stereocenters. The second kappa shape index (κ2) is 33.1. The summed E-state index contributed by atoms with van der Waals surface area (Å²) in [6, 6.07) is 82.1. The van der Waals surface area contributed by atoms with E-state index in [0.29, 0.717) is 11.8 Å². The fourth-order valence-electron chi connectivity index (χ4n) is 26.0. The lowest BCUT2D eigenvalue weighted by atomic mass is 9.68. The van der Waals surface area contributed by atoms with E-state index in [1.807, 2.05) is 0 Å². The van der Waals surface area contributed by atoms with Gasteiger partial charge in [0.15, 0.2) is 24.8 Å². The highest BCUT2D eigenvalue weighted by molar-refractivity contribution is 6.16. The predicted molar refractivity (Wildman–Crippen MR) is 572 cm³/mol. The molecule has 0 atom stereocenters. The Labute approximate surface area is 813 Å². The van der Waals surface area contributed by atoms with Crippen LogP contribution in [-0.2, 0) is 49.9 Å². The summed E-state index contributed by atoms with van der Waals surface area (Å²) in [6.45, 7) is 44.9. The normalized spacial score (nSPS) is 14.6. The van der Waals surface area contributed by atoms with Gasteiger partial charge in [0.1, 0.15) is 72.9 Å². The number of fused-ring (bicyclic) bond motifs is 26. The molecule has 8 nitrogen and oxygen atoms in total. The highest BCUT2D eigenvalue weighted by Gasteiger charge is 2.48. The van der Waals surface area contributed by atoms with E-state index in [1.54, 1.807) is 0 Å². The Hall–Kier alpha value is -13.6. The zero-order valence-corrected chi connectivity index (χ0v) is 85.3. The van der Waals surface area contributed by atoms with Crippen molar-refractivity contribution < 1.29 is 35.9 Å². The summed E-state index contributed by atoms with van der Waals surface area (Å²) >= 11 is 0. The van der Waals surface area contributed by atoms with Gasteiger partial charge in [-0.1, -0.05) is 214 Å². The van der Waals surface area contributed by atoms with Crippen LogP contribution >= 0.6 is 0 Å². The largest absolute Gasteiger partial charge is 0.455 e. The van der Waals surface area contributed by atoms with E-state index in [0.717, 1.165) is 70.3 Å². The van der Waals surface area contributed by atoms with Crippen LogP contribution in [0.25, 0.3) is 177 Å². The molecule has 1 saturated carbocycles. The van der Waals surface area contributed by atoms with Crippen LogP contribution < -0.4 is 18.3 Å². The number of hydrogen-bond acceptors (Lipinski definition) is 4. The molecule has 0 aliphatic heterocycles. The first-order chi connectivity index (χ1) is 66.2. The Bertz CT molecular complexity index is 8460. The third-order valence-electron chi connectivity index (χ3n) is 33.4. The molecule has 690 valence electrons. The van der Waals surface area contributed by atoms with Crippen molar-refractivity contribution in [2.75, 3.05) is 0 Å². The van der Waals surface area contributed by atoms with Gasteiger partial charge in [0.2, 0.25) is 22.8 Å². The zero-order chi connectivity index (χ0) is 96.3. The summed E-state index contributed by atoms with van der Waals surface area (Å²) < 4.78 is 35.8. The third-order valence-corrected chi connectivity index (χ3v) is 33.4. The van der Waals surface area contributed by atoms with Crippen LogP contribution in [0.15, 0.2) is 261 Å². The van der Waals surface area contributed by atoms with E-state index < -0.39 is 0 Å². The molecular formula is C130H130N4O4+4. The van der Waals surface area contributed by atoms with Crippen molar-refractivity contribution in [2.24, 2.45) is 40.0 Å². The van der Waals surface area contributed by atoms with Crippen molar-refractivity contribution >= 4 is 87.8 Å². The van der Waals surface area contributed by atoms with Gasteiger partial charge in [0, 0.05) is 111 Å². The maximum Gasteiger partial charge on any atom is 0.216 e. The molecule has 0 radical (unpaired) electrons. The van der Waals surface area contributed by atoms with E-state index in [9.17, 15) is 0 Å². The zero-order valence-electron chi connectivity index (χ0n) is 85.3. The van der Waals surface area contributed by atoms with E-state index in [4.69, 9.17) is 17.7 Å². The van der Waals surface area contributed by atoms with Crippen molar-refractivity contribution in [1.29, 1.82) is 0 Å². The minimum absolute atomic E-state index is 0.0279. The SMILES string of the molecule is CCC1(CC)c2ccccc2-c2cc3c(cc21)oc1c(-c2cc(C)c(C)c[n+]2C)c(C)ccc13.Cc1cc(-c2c(C)ccc3c2oc2cc4c(cc23)-c2ccccc2C4(C)C)[n+](C)cc1C.Cc1cc(-c2c(C)ccc3c2oc2cc4c(cc23)C(CC(C)C)(CC(C)C)c2ccccc2-4)[n+](C)cc1C.Cc1cc(-c2c(C)ccc3c2oc2cc4c(cc23)C2(CCCC2)c2ccccc2-4)[n+](C)cc1C. The van der Waals surface area contributed by atoms with Gasteiger partial charge in [-0.05, 0) is 315 Å². The highest BCUT2D eigenvalue weighted by atomic mass is 16.3. The van der Waals surface area contributed by atoms with E-state index in [1.165, 1.54) is 270 Å². The maximum atomic E-state index is 6.80. The fraction of sp³-hybridized carbons (Fsp3) is 0.292. The molecule has 0 saturated heterocycles. The predicted octanol–water partition coefficient (Wildman–Crippen LogP) is 32.6. The number of furan rings is 4. The number of aromatic nitrogens is 4. The van der Waals surface area contributed by atoms with Gasteiger partial charge in [-0.15, -0.1) is 0 Å². The minimum Gasteiger partial charge on any atom is -0.455 e. The van der Waals surface area contributed by atoms with Gasteiger partial charge in [-0.3, -0.25) is 0 Å². The molecule has 8 heterocycles. The van der Waals surface area contributed by atoms with Gasteiger partial charge in [0.25, 0.3) is 0 Å². The number of nitrogens with zero attached hydrogens (tertiary/aromatic N) is 4. The molecule has 1 spiro atoms. The number of benzene rings is 12. The molecular weight excluding hydrogens is 1680 g/mol. The summed E-state index contributed by atoms with van der Waals surface area (Å²) in [5.74, 6) is 1.20. The summed E-state index contributed by atoms with van der Waals surface area (Å²) in [5.41, 5.74) is 55.6. The first-order valence-electron chi connectivity index (χ1n) is 50.5. The van der Waals surface area contributed by atoms with Crippen molar-refractivity contribution in [2.45, 2.75) is 212 Å². The number of hydrogen-bond donors (Lipinski definition) is 0. The molecule has 0 N–H and O–H groups in total. The Morgan fingerprint density at radius 2 is 0.543 bits per heavy atom. The Morgan fingerprint density at radius 1 is 0.261 bits per heavy atom. The Balaban J connectivity index is 0.000000106. The lowest BCUT2D eigenvalue weighted by Crippen LogP contribution is -2.31. The standard InChI is InChI=1S/C36H40NO.C32H30NO.C32H32NO.C30H28NO/c1-21(2)18-36(19-22(3)4)30-12-10-9-11-26(30)28-17-33-29(16-31(28)36)27-14-13-23(5)34(35(27)38-33)32-15-24(6)25(7)20-37(32)8;1-19-11-12-23-25-16-27-24(22-9-5-6-10-26(22)32(27)13-7-8-14-32)17-29(25)34-31(23)30(19)28-15-20(2)21(3)18-33(28)4;1-7-32(8-2)26-12-10-9-11-22(26)24-16-25-23-14-13-19(3)30(31(23)34-29(25)17-27(24)32)28-15-20(4)21(5)18-33(28)6;1-17-11-12-21-23-14-22-20-9-7-8-10-24(20)30(4,5)25(22)15-27(23)32-29(21)28(17)26-13-18(2)19(3)16-31(26)6/h9-17,20-22H,18-19H2,1-8H3;5-6,9-12,15-18H,7-8,13-14H2,1-4H3;9-18H,7-8H2,1-6H3;7-16H,1-6H3/q4*+1. The number of aryl methyl sites for hydroxylation is 16. The quantitative estimate of drug-likeness (QED) is 0.128. The molecule has 0 amide bonds. The first-order valence-corrected chi connectivity index (χ1v) is 50.5. The first kappa shape index (κ1) is 89.6. The second-order valence-electron chi connectivity index (χ2n) is 43.2. The van der Waals surface area contributed by atoms with Crippen molar-refractivity contribution in [3.05, 3.63) is 354 Å². The van der Waals surface area contributed by atoms with Gasteiger partial charge in [-0.25, -0.2) is 18.3 Å². The smallest absolute Gasteiger partial charge is 0.216 e. The molecule has 25 rings (SSSR count). The molecule has 8 aromatic heterocycles. The van der Waals surface area contributed by atoms with Crippen LogP contribution in [0.4, 0.5) is 0 Å². The van der Waals surface area contributed by atoms with Crippen LogP contribution in [0.2, 0.25) is 0 Å². The number of rotatable bonds is 10. The van der Waals surface area contributed by atoms with Gasteiger partial charge < -0.3 is 17.7 Å². The molecule has 0 bridgehead atoms. The molecule has 5 aliphatic carbocycles. The summed E-state index contributed by atoms with van der Waals surface area (Å²) in [6.07, 6.45) is 18.5. The van der Waals surface area contributed by atoms with Gasteiger partial charge in [0.05, 0.1) is 22.3 Å². The lowest BCUT2D eigenvalue weighted by molar-refractivity contribution is -0.660. The van der Waals surface area contributed by atoms with Crippen molar-refractivity contribution in [1.82, 2.24) is 0 Å². The monoisotopic (exact) mass is 1810 g/mol. The van der Waals surface area contributed by atoms with Crippen LogP contribution in [0, 0.1) is 94.9 Å². The minimum atomic E-state index is -0.0294. The van der Waals surface area contributed by atoms with Crippen molar-refractivity contribution in [3.63, 3.8) is 0 Å². The van der Waals surface area contributed by atoms with E-state index in [2.05, 4.69) is 428 Å². The summed E-state index contributed by atoms with van der Waals surface area (Å²) in [5, 5.41) is 9.69. The maximum absolute atomic E-state index is 6.80. The third kappa shape index (κ3) is 13.7. The summed E-state index contributed by atoms with van der Waals surface area (Å²) in [4.78, 5) is 0. The Morgan fingerprint density at radius 3 is 0.913 bits per heavy atom. The average Bonchev–Trinajstić information content (AvgIpc) is 1.57. The fourth-order valence-corrected chi connectivity index (χ4v) is 26.0. The highest BCUT2D eigenvalue weighted by Crippen LogP contribution is 2.62. The molecule has 138 heavy (non-hydrogen) atoms. The van der Waals surface area contributed by atoms with Gasteiger partial charge >= 0.3 is 0 Å². The molecule has 12 aromatic carbocycles. The topological polar surface area (TPSA) is 68.1 Å². The average molecular weight is 1810 g/mol. The molecule has 1 fully saturated rings. The lowest BCUT2D eigenvalue weighted by Gasteiger charge is -2.35. The summed E-state index contributed by atoms with van der Waals surface area (Å²) in [7, 11) is 8.53. The second-order valence-corrected chi connectivity index (χ2v) is 43.2. The van der Waals surface area contributed by atoms with Crippen LogP contribution in [0.5, 0.6) is 0 Å². The Kier molecular flexibility index (Phi) is 21.5. The number of pyridine rings is 4. The molecule has 8 heteroatoms. The van der Waals surface area contributed by atoms with E-state index >= 15 is 0 Å². The van der Waals surface area contributed by atoms with Crippen LogP contribution in [-0.4, -0.2) is 0 Å². The van der Waals surface area contributed by atoms with Crippen molar-refractivity contribution in [3.8, 4) is 89.5 Å².